The normalized spacial score (nSPS) is 12.5. The number of aromatic nitrogens is 3. The minimum Gasteiger partial charge on any atom is -0.391 e. The van der Waals surface area contributed by atoms with Gasteiger partial charge in [0.05, 0.1) is 12.6 Å². The zero-order chi connectivity index (χ0) is 15.9. The van der Waals surface area contributed by atoms with Crippen LogP contribution < -0.4 is 10.6 Å². The van der Waals surface area contributed by atoms with Crippen molar-refractivity contribution in [3.8, 4) is 0 Å². The highest BCUT2D eigenvalue weighted by molar-refractivity contribution is 5.73. The number of nitrogens with one attached hydrogen (secondary N) is 2. The molecular weight excluding hydrogens is 282 g/mol. The molecule has 0 aromatic carbocycles. The van der Waals surface area contributed by atoms with Crippen molar-refractivity contribution in [2.45, 2.75) is 39.3 Å². The summed E-state index contributed by atoms with van der Waals surface area (Å²) in [5.41, 5.74) is 0.740. The van der Waals surface area contributed by atoms with Gasteiger partial charge >= 0.3 is 6.03 Å². The standard InChI is InChI=1S/C15H23N5O2/c1-3-11(4-2)12(21)9-16-15(22)17-10-14-19-18-13-7-5-6-8-20(13)14/h5-8,11-12,21H,3-4,9-10H2,1-2H3,(H2,16,17,22). The van der Waals surface area contributed by atoms with E-state index in [1.54, 1.807) is 0 Å². The van der Waals surface area contributed by atoms with Crippen molar-refractivity contribution >= 4 is 11.7 Å². The summed E-state index contributed by atoms with van der Waals surface area (Å²) in [6, 6.07) is 5.29. The van der Waals surface area contributed by atoms with Crippen LogP contribution in [-0.2, 0) is 6.54 Å². The van der Waals surface area contributed by atoms with Gasteiger partial charge in [-0.05, 0) is 18.1 Å². The van der Waals surface area contributed by atoms with Gasteiger partial charge in [0, 0.05) is 12.7 Å². The van der Waals surface area contributed by atoms with Crippen molar-refractivity contribution in [2.24, 2.45) is 5.92 Å². The van der Waals surface area contributed by atoms with E-state index < -0.39 is 6.10 Å². The Morgan fingerprint density at radius 1 is 1.27 bits per heavy atom. The first-order chi connectivity index (χ1) is 10.7. The second-order valence-electron chi connectivity index (χ2n) is 5.25. The average Bonchev–Trinajstić information content (AvgIpc) is 2.95. The summed E-state index contributed by atoms with van der Waals surface area (Å²) in [6.45, 7) is 4.60. The molecule has 2 heterocycles. The molecule has 0 aliphatic heterocycles. The second-order valence-corrected chi connectivity index (χ2v) is 5.25. The summed E-state index contributed by atoms with van der Waals surface area (Å²) in [5, 5.41) is 23.4. The lowest BCUT2D eigenvalue weighted by Gasteiger charge is -2.20. The minimum absolute atomic E-state index is 0.209. The van der Waals surface area contributed by atoms with Crippen molar-refractivity contribution in [1.82, 2.24) is 25.2 Å². The van der Waals surface area contributed by atoms with Gasteiger partial charge in [-0.3, -0.25) is 4.40 Å². The van der Waals surface area contributed by atoms with Gasteiger partial charge in [0.1, 0.15) is 0 Å². The molecule has 0 bridgehead atoms. The van der Waals surface area contributed by atoms with Crippen LogP contribution in [0.25, 0.3) is 5.65 Å². The topological polar surface area (TPSA) is 91.5 Å². The monoisotopic (exact) mass is 305 g/mol. The molecule has 2 rings (SSSR count). The molecule has 0 radical (unpaired) electrons. The number of hydrogen-bond acceptors (Lipinski definition) is 4. The average molecular weight is 305 g/mol. The molecule has 2 aromatic heterocycles. The molecule has 2 aromatic rings. The fourth-order valence-electron chi connectivity index (χ4n) is 2.43. The van der Waals surface area contributed by atoms with Gasteiger partial charge < -0.3 is 15.7 Å². The van der Waals surface area contributed by atoms with E-state index in [1.807, 2.05) is 42.6 Å². The van der Waals surface area contributed by atoms with Crippen LogP contribution in [0.1, 0.15) is 32.5 Å². The largest absolute Gasteiger partial charge is 0.391 e. The number of carbonyl (C=O) groups is 1. The summed E-state index contributed by atoms with van der Waals surface area (Å²) in [7, 11) is 0. The van der Waals surface area contributed by atoms with Crippen LogP contribution in [-0.4, -0.2) is 38.4 Å². The SMILES string of the molecule is CCC(CC)C(O)CNC(=O)NCc1nnc2ccccn12. The number of fused-ring (bicyclic) bond motifs is 1. The van der Waals surface area contributed by atoms with Crippen LogP contribution in [0.4, 0.5) is 4.79 Å². The number of carbonyl (C=O) groups excluding carboxylic acids is 1. The van der Waals surface area contributed by atoms with E-state index in [0.29, 0.717) is 5.82 Å². The first-order valence-electron chi connectivity index (χ1n) is 7.64. The zero-order valence-corrected chi connectivity index (χ0v) is 13.0. The summed E-state index contributed by atoms with van der Waals surface area (Å²) >= 11 is 0. The van der Waals surface area contributed by atoms with E-state index in [-0.39, 0.29) is 25.0 Å². The summed E-state index contributed by atoms with van der Waals surface area (Å²) < 4.78 is 1.82. The van der Waals surface area contributed by atoms with Gasteiger partial charge in [0.25, 0.3) is 0 Å². The van der Waals surface area contributed by atoms with E-state index in [9.17, 15) is 9.90 Å². The number of aliphatic hydroxyl groups excluding tert-OH is 1. The van der Waals surface area contributed by atoms with E-state index >= 15 is 0 Å². The molecule has 22 heavy (non-hydrogen) atoms. The molecule has 7 nitrogen and oxygen atoms in total. The number of rotatable bonds is 7. The van der Waals surface area contributed by atoms with Crippen molar-refractivity contribution in [2.75, 3.05) is 6.54 Å². The maximum absolute atomic E-state index is 11.8. The highest BCUT2D eigenvalue weighted by atomic mass is 16.3. The fraction of sp³-hybridized carbons (Fsp3) is 0.533. The van der Waals surface area contributed by atoms with E-state index in [1.165, 1.54) is 0 Å². The lowest BCUT2D eigenvalue weighted by atomic mass is 9.97. The van der Waals surface area contributed by atoms with Crippen LogP contribution in [0.2, 0.25) is 0 Å². The third-order valence-electron chi connectivity index (χ3n) is 3.86. The van der Waals surface area contributed by atoms with Crippen LogP contribution in [0.15, 0.2) is 24.4 Å². The molecule has 1 atom stereocenters. The third-order valence-corrected chi connectivity index (χ3v) is 3.86. The summed E-state index contributed by atoms with van der Waals surface area (Å²) in [4.78, 5) is 11.8. The van der Waals surface area contributed by atoms with Crippen LogP contribution in [0, 0.1) is 5.92 Å². The number of hydrogen-bond donors (Lipinski definition) is 3. The maximum atomic E-state index is 11.8. The molecule has 120 valence electrons. The van der Waals surface area contributed by atoms with Gasteiger partial charge in [-0.15, -0.1) is 10.2 Å². The quantitative estimate of drug-likeness (QED) is 0.719. The molecule has 0 fully saturated rings. The Bertz CT molecular complexity index is 609. The first kappa shape index (κ1) is 16.2. The van der Waals surface area contributed by atoms with Crippen LogP contribution in [0.3, 0.4) is 0 Å². The second kappa shape index (κ2) is 7.74. The molecule has 3 N–H and O–H groups in total. The highest BCUT2D eigenvalue weighted by Crippen LogP contribution is 2.12. The Kier molecular flexibility index (Phi) is 5.71. The van der Waals surface area contributed by atoms with Crippen LogP contribution in [0.5, 0.6) is 0 Å². The van der Waals surface area contributed by atoms with Crippen LogP contribution >= 0.6 is 0 Å². The highest BCUT2D eigenvalue weighted by Gasteiger charge is 2.16. The molecule has 2 amide bonds. The first-order valence-corrected chi connectivity index (χ1v) is 7.64. The smallest absolute Gasteiger partial charge is 0.315 e. The Morgan fingerprint density at radius 2 is 2.05 bits per heavy atom. The van der Waals surface area contributed by atoms with Crippen molar-refractivity contribution in [3.63, 3.8) is 0 Å². The van der Waals surface area contributed by atoms with Crippen molar-refractivity contribution in [1.29, 1.82) is 0 Å². The number of aliphatic hydroxyl groups is 1. The lowest BCUT2D eigenvalue weighted by molar-refractivity contribution is 0.103. The molecule has 0 aliphatic carbocycles. The summed E-state index contributed by atoms with van der Waals surface area (Å²) in [5.74, 6) is 0.868. The predicted molar refractivity (Wildman–Crippen MR) is 83.3 cm³/mol. The van der Waals surface area contributed by atoms with Crippen molar-refractivity contribution < 1.29 is 9.90 Å². The molecule has 7 heteroatoms. The fourth-order valence-corrected chi connectivity index (χ4v) is 2.43. The Labute approximate surface area is 129 Å². The Hall–Kier alpha value is -2.15. The number of amides is 2. The Balaban J connectivity index is 1.80. The molecule has 1 unspecified atom stereocenters. The van der Waals surface area contributed by atoms with E-state index in [0.717, 1.165) is 18.5 Å². The molecule has 0 aliphatic rings. The number of nitrogens with zero attached hydrogens (tertiary/aromatic N) is 3. The number of urea groups is 1. The third kappa shape index (κ3) is 3.94. The van der Waals surface area contributed by atoms with Gasteiger partial charge in [-0.2, -0.15) is 0 Å². The molecule has 0 spiro atoms. The lowest BCUT2D eigenvalue weighted by Crippen LogP contribution is -2.41. The van der Waals surface area contributed by atoms with Gasteiger partial charge in [0.2, 0.25) is 0 Å². The van der Waals surface area contributed by atoms with Gasteiger partial charge in [-0.1, -0.05) is 32.8 Å². The molecule has 0 saturated carbocycles. The van der Waals surface area contributed by atoms with Crippen molar-refractivity contribution in [3.05, 3.63) is 30.2 Å². The van der Waals surface area contributed by atoms with Gasteiger partial charge in [-0.25, -0.2) is 4.79 Å². The molecule has 0 saturated heterocycles. The van der Waals surface area contributed by atoms with Gasteiger partial charge in [0.15, 0.2) is 11.5 Å². The van der Waals surface area contributed by atoms with E-state index in [4.69, 9.17) is 0 Å². The maximum Gasteiger partial charge on any atom is 0.315 e. The van der Waals surface area contributed by atoms with E-state index in [2.05, 4.69) is 20.8 Å². The predicted octanol–water partition coefficient (Wildman–Crippen LogP) is 1.33. The number of pyridine rings is 1. The summed E-state index contributed by atoms with van der Waals surface area (Å²) in [6.07, 6.45) is 3.12. The molecular formula is C15H23N5O2. The minimum atomic E-state index is -0.519. The zero-order valence-electron chi connectivity index (χ0n) is 13.0. The Morgan fingerprint density at radius 3 is 2.77 bits per heavy atom.